The second kappa shape index (κ2) is 8.38. The van der Waals surface area contributed by atoms with E-state index in [-0.39, 0.29) is 17.9 Å². The fourth-order valence-electron chi connectivity index (χ4n) is 2.73. The van der Waals surface area contributed by atoms with Gasteiger partial charge in [-0.05, 0) is 46.1 Å². The molecule has 2 amide bonds. The number of halogens is 1. The van der Waals surface area contributed by atoms with Gasteiger partial charge in [0.15, 0.2) is 0 Å². The summed E-state index contributed by atoms with van der Waals surface area (Å²) >= 11 is 5.88. The zero-order valence-electron chi connectivity index (χ0n) is 14.8. The van der Waals surface area contributed by atoms with Gasteiger partial charge in [-0.15, -0.1) is 0 Å². The molecule has 1 aliphatic carbocycles. The molecule has 7 nitrogen and oxygen atoms in total. The Labute approximate surface area is 152 Å². The molecule has 8 heteroatoms. The van der Waals surface area contributed by atoms with E-state index in [1.165, 1.54) is 0 Å². The van der Waals surface area contributed by atoms with E-state index >= 15 is 0 Å². The molecule has 0 bridgehead atoms. The second-order valence-corrected chi connectivity index (χ2v) is 7.62. The summed E-state index contributed by atoms with van der Waals surface area (Å²) in [5, 5.41) is 3.38. The Morgan fingerprint density at radius 3 is 2.76 bits per heavy atom. The predicted octanol–water partition coefficient (Wildman–Crippen LogP) is 3.26. The van der Waals surface area contributed by atoms with Crippen LogP contribution in [0.1, 0.15) is 46.5 Å². The van der Waals surface area contributed by atoms with Crippen LogP contribution in [0.25, 0.3) is 0 Å². The van der Waals surface area contributed by atoms with E-state index in [9.17, 15) is 9.59 Å². The van der Waals surface area contributed by atoms with Gasteiger partial charge < -0.3 is 10.1 Å². The number of pyridine rings is 1. The van der Waals surface area contributed by atoms with E-state index in [4.69, 9.17) is 16.3 Å². The van der Waals surface area contributed by atoms with Gasteiger partial charge in [0.2, 0.25) is 5.91 Å². The van der Waals surface area contributed by atoms with Crippen LogP contribution in [-0.4, -0.2) is 28.6 Å². The number of amides is 2. The minimum atomic E-state index is -0.538. The summed E-state index contributed by atoms with van der Waals surface area (Å²) in [5.74, 6) is 0.165. The third-order valence-electron chi connectivity index (χ3n) is 3.80. The number of ether oxygens (including phenoxy) is 1. The molecule has 0 aliphatic heterocycles. The van der Waals surface area contributed by atoms with Crippen molar-refractivity contribution in [2.45, 2.75) is 58.1 Å². The Hall–Kier alpha value is -2.02. The molecule has 1 heterocycles. The molecule has 1 saturated carbocycles. The van der Waals surface area contributed by atoms with Crippen molar-refractivity contribution >= 4 is 29.4 Å². The van der Waals surface area contributed by atoms with Gasteiger partial charge in [0.1, 0.15) is 11.4 Å². The van der Waals surface area contributed by atoms with E-state index in [1.807, 2.05) is 20.8 Å². The molecular formula is C17H25ClN4O3. The van der Waals surface area contributed by atoms with Crippen LogP contribution in [0.15, 0.2) is 18.3 Å². The fourth-order valence-corrected chi connectivity index (χ4v) is 2.89. The average molecular weight is 369 g/mol. The Balaban J connectivity index is 1.81. The average Bonchev–Trinajstić information content (AvgIpc) is 2.51. The standard InChI is InChI=1S/C17H25ClN4O3/c1-17(2,3)25-16(24)20-13-6-4-5-11(9-13)15(23)22-21-14-10-12(18)7-8-19-14/h7-8,10-11,13H,4-6,9H2,1-3H3,(H,19,21)(H,20,24)(H,22,23)/t11-,13+/m0/s1. The summed E-state index contributed by atoms with van der Waals surface area (Å²) in [6.45, 7) is 5.46. The van der Waals surface area contributed by atoms with Gasteiger partial charge in [0.05, 0.1) is 0 Å². The second-order valence-electron chi connectivity index (χ2n) is 7.18. The van der Waals surface area contributed by atoms with E-state index in [1.54, 1.807) is 18.3 Å². The third-order valence-corrected chi connectivity index (χ3v) is 4.04. The summed E-state index contributed by atoms with van der Waals surface area (Å²) in [7, 11) is 0. The maximum absolute atomic E-state index is 12.3. The first-order valence-corrected chi connectivity index (χ1v) is 8.77. The first kappa shape index (κ1) is 19.3. The summed E-state index contributed by atoms with van der Waals surface area (Å²) in [5.41, 5.74) is 4.88. The van der Waals surface area contributed by atoms with Crippen LogP contribution >= 0.6 is 11.6 Å². The van der Waals surface area contributed by atoms with Crippen LogP contribution in [0.2, 0.25) is 5.02 Å². The molecule has 0 saturated heterocycles. The Morgan fingerprint density at radius 2 is 2.08 bits per heavy atom. The number of carbonyl (C=O) groups excluding carboxylic acids is 2. The summed E-state index contributed by atoms with van der Waals surface area (Å²) < 4.78 is 5.27. The van der Waals surface area contributed by atoms with Gasteiger partial charge in [-0.2, -0.15) is 0 Å². The lowest BCUT2D eigenvalue weighted by atomic mass is 9.85. The highest BCUT2D eigenvalue weighted by Gasteiger charge is 2.29. The van der Waals surface area contributed by atoms with E-state index in [0.717, 1.165) is 19.3 Å². The summed E-state index contributed by atoms with van der Waals surface area (Å²) in [6, 6.07) is 3.21. The lowest BCUT2D eigenvalue weighted by Crippen LogP contribution is -2.45. The van der Waals surface area contributed by atoms with Crippen molar-refractivity contribution < 1.29 is 14.3 Å². The molecule has 138 valence electrons. The molecule has 1 aliphatic rings. The van der Waals surface area contributed by atoms with Crippen LogP contribution in [0.5, 0.6) is 0 Å². The topological polar surface area (TPSA) is 92.3 Å². The number of aromatic nitrogens is 1. The molecule has 3 N–H and O–H groups in total. The largest absolute Gasteiger partial charge is 0.444 e. The van der Waals surface area contributed by atoms with E-state index in [0.29, 0.717) is 17.3 Å². The van der Waals surface area contributed by atoms with Crippen LogP contribution in [-0.2, 0) is 9.53 Å². The highest BCUT2D eigenvalue weighted by Crippen LogP contribution is 2.25. The van der Waals surface area contributed by atoms with Crippen molar-refractivity contribution in [1.82, 2.24) is 15.7 Å². The fraction of sp³-hybridized carbons (Fsp3) is 0.588. The molecule has 1 aromatic heterocycles. The van der Waals surface area contributed by atoms with Crippen LogP contribution in [0, 0.1) is 5.92 Å². The minimum Gasteiger partial charge on any atom is -0.444 e. The molecule has 25 heavy (non-hydrogen) atoms. The van der Waals surface area contributed by atoms with Gasteiger partial charge in [-0.3, -0.25) is 15.6 Å². The smallest absolute Gasteiger partial charge is 0.407 e. The van der Waals surface area contributed by atoms with Crippen molar-refractivity contribution in [3.8, 4) is 0 Å². The number of nitrogens with one attached hydrogen (secondary N) is 3. The number of nitrogens with zero attached hydrogens (tertiary/aromatic N) is 1. The van der Waals surface area contributed by atoms with E-state index < -0.39 is 11.7 Å². The van der Waals surface area contributed by atoms with E-state index in [2.05, 4.69) is 21.2 Å². The van der Waals surface area contributed by atoms with Gasteiger partial charge >= 0.3 is 6.09 Å². The van der Waals surface area contributed by atoms with Crippen LogP contribution < -0.4 is 16.2 Å². The Morgan fingerprint density at radius 1 is 1.32 bits per heavy atom. The first-order chi connectivity index (χ1) is 11.7. The SMILES string of the molecule is CC(C)(C)OC(=O)N[C@@H]1CCC[C@H](C(=O)NNc2cc(Cl)ccn2)C1. The van der Waals surface area contributed by atoms with Gasteiger partial charge in [0, 0.05) is 29.2 Å². The number of carbonyl (C=O) groups is 2. The highest BCUT2D eigenvalue weighted by molar-refractivity contribution is 6.30. The van der Waals surface area contributed by atoms with Crippen LogP contribution in [0.4, 0.5) is 10.6 Å². The van der Waals surface area contributed by atoms with Crippen molar-refractivity contribution in [3.05, 3.63) is 23.4 Å². The molecule has 0 aromatic carbocycles. The molecule has 2 atom stereocenters. The Kier molecular flexibility index (Phi) is 6.47. The number of hydrazine groups is 1. The molecule has 1 aromatic rings. The zero-order chi connectivity index (χ0) is 18.4. The quantitative estimate of drug-likeness (QED) is 0.709. The number of alkyl carbamates (subject to hydrolysis) is 1. The van der Waals surface area contributed by atoms with Gasteiger partial charge in [-0.1, -0.05) is 18.0 Å². The molecule has 0 spiro atoms. The number of anilines is 1. The van der Waals surface area contributed by atoms with Crippen molar-refractivity contribution in [2.75, 3.05) is 5.43 Å². The van der Waals surface area contributed by atoms with Gasteiger partial charge in [0.25, 0.3) is 0 Å². The summed E-state index contributed by atoms with van der Waals surface area (Å²) in [4.78, 5) is 28.3. The summed E-state index contributed by atoms with van der Waals surface area (Å²) in [6.07, 6.45) is 4.18. The number of rotatable bonds is 4. The monoisotopic (exact) mass is 368 g/mol. The molecular weight excluding hydrogens is 344 g/mol. The normalized spacial score (nSPS) is 20.5. The maximum atomic E-state index is 12.3. The number of hydrogen-bond donors (Lipinski definition) is 3. The lowest BCUT2D eigenvalue weighted by Gasteiger charge is -2.30. The maximum Gasteiger partial charge on any atom is 0.407 e. The van der Waals surface area contributed by atoms with Crippen molar-refractivity contribution in [3.63, 3.8) is 0 Å². The zero-order valence-corrected chi connectivity index (χ0v) is 15.5. The first-order valence-electron chi connectivity index (χ1n) is 8.40. The van der Waals surface area contributed by atoms with Crippen LogP contribution in [0.3, 0.4) is 0 Å². The Bertz CT molecular complexity index is 618. The lowest BCUT2D eigenvalue weighted by molar-refractivity contribution is -0.125. The molecule has 0 radical (unpaired) electrons. The van der Waals surface area contributed by atoms with Gasteiger partial charge in [-0.25, -0.2) is 9.78 Å². The minimum absolute atomic E-state index is 0.0661. The van der Waals surface area contributed by atoms with Crippen molar-refractivity contribution in [2.24, 2.45) is 5.92 Å². The predicted molar refractivity (Wildman–Crippen MR) is 96.1 cm³/mol. The number of hydrogen-bond acceptors (Lipinski definition) is 5. The molecule has 2 rings (SSSR count). The third kappa shape index (κ3) is 6.78. The highest BCUT2D eigenvalue weighted by atomic mass is 35.5. The molecule has 0 unspecified atom stereocenters. The molecule has 1 fully saturated rings. The van der Waals surface area contributed by atoms with Crippen molar-refractivity contribution in [1.29, 1.82) is 0 Å².